The third-order valence-corrected chi connectivity index (χ3v) is 1.11. The number of hydrogen-bond acceptors (Lipinski definition) is 1. The average molecular weight is 197 g/mol. The highest BCUT2D eigenvalue weighted by atomic mass is 79.9. The first-order valence-electron chi connectivity index (χ1n) is 2.19. The molecule has 0 unspecified atom stereocenters. The lowest BCUT2D eigenvalue weighted by Crippen LogP contribution is -1.74. The van der Waals surface area contributed by atoms with Gasteiger partial charge >= 0.3 is 0 Å². The predicted molar refractivity (Wildman–Crippen MR) is 38.4 cm³/mol. The molecule has 0 saturated heterocycles. The van der Waals surface area contributed by atoms with E-state index in [4.69, 9.17) is 11.6 Å². The summed E-state index contributed by atoms with van der Waals surface area (Å²) in [4.78, 5) is 9.98. The highest BCUT2D eigenvalue weighted by Crippen LogP contribution is 1.90. The molecular weight excluding hydrogens is 191 g/mol. The van der Waals surface area contributed by atoms with Gasteiger partial charge in [-0.25, -0.2) is 0 Å². The zero-order chi connectivity index (χ0) is 6.41. The van der Waals surface area contributed by atoms with Gasteiger partial charge in [-0.05, 0) is 24.1 Å². The van der Waals surface area contributed by atoms with Crippen molar-refractivity contribution in [1.29, 1.82) is 0 Å². The summed E-state index contributed by atoms with van der Waals surface area (Å²) in [5.41, 5.74) is 0. The smallest absolute Gasteiger partial charge is 0.244 e. The molecular formula is C5H6BrClO. The summed E-state index contributed by atoms with van der Waals surface area (Å²) in [6.45, 7) is 0. The highest BCUT2D eigenvalue weighted by Gasteiger charge is 1.81. The van der Waals surface area contributed by atoms with Crippen LogP contribution in [0.3, 0.4) is 0 Å². The average Bonchev–Trinajstić information content (AvgIpc) is 1.66. The monoisotopic (exact) mass is 196 g/mol. The molecule has 8 heavy (non-hydrogen) atoms. The Morgan fingerprint density at radius 3 is 2.75 bits per heavy atom. The van der Waals surface area contributed by atoms with E-state index in [0.717, 1.165) is 11.8 Å². The molecule has 0 N–H and O–H groups in total. The summed E-state index contributed by atoms with van der Waals surface area (Å²) in [7, 11) is 0. The van der Waals surface area contributed by atoms with E-state index in [9.17, 15) is 4.79 Å². The highest BCUT2D eigenvalue weighted by molar-refractivity contribution is 9.09. The van der Waals surface area contributed by atoms with Gasteiger partial charge in [0.15, 0.2) is 0 Å². The van der Waals surface area contributed by atoms with Crippen LogP contribution in [0.4, 0.5) is 0 Å². The number of halogens is 2. The van der Waals surface area contributed by atoms with Crippen molar-refractivity contribution in [2.75, 3.05) is 5.33 Å². The van der Waals surface area contributed by atoms with E-state index in [1.165, 1.54) is 6.08 Å². The van der Waals surface area contributed by atoms with E-state index < -0.39 is 5.24 Å². The largest absolute Gasteiger partial charge is 0.276 e. The van der Waals surface area contributed by atoms with Crippen LogP contribution in [0.2, 0.25) is 0 Å². The van der Waals surface area contributed by atoms with Crippen molar-refractivity contribution in [3.63, 3.8) is 0 Å². The van der Waals surface area contributed by atoms with Crippen LogP contribution in [0, 0.1) is 0 Å². The van der Waals surface area contributed by atoms with Crippen molar-refractivity contribution in [1.82, 2.24) is 0 Å². The van der Waals surface area contributed by atoms with E-state index in [1.54, 1.807) is 6.08 Å². The molecule has 0 aromatic heterocycles. The fraction of sp³-hybridized carbons (Fsp3) is 0.400. The Labute approximate surface area is 61.8 Å². The van der Waals surface area contributed by atoms with Gasteiger partial charge in [0, 0.05) is 5.33 Å². The molecule has 0 rings (SSSR count). The first-order chi connectivity index (χ1) is 3.77. The minimum atomic E-state index is -0.411. The second-order valence-corrected chi connectivity index (χ2v) is 2.35. The zero-order valence-electron chi connectivity index (χ0n) is 4.23. The van der Waals surface area contributed by atoms with Crippen LogP contribution < -0.4 is 0 Å². The lowest BCUT2D eigenvalue weighted by atomic mass is 10.4. The molecule has 0 saturated carbocycles. The van der Waals surface area contributed by atoms with Crippen LogP contribution in [-0.4, -0.2) is 10.6 Å². The van der Waals surface area contributed by atoms with Gasteiger partial charge in [0.25, 0.3) is 0 Å². The Hall–Kier alpha value is 0.180. The van der Waals surface area contributed by atoms with Crippen molar-refractivity contribution in [3.05, 3.63) is 12.2 Å². The van der Waals surface area contributed by atoms with E-state index in [0.29, 0.717) is 0 Å². The third kappa shape index (κ3) is 6.18. The summed E-state index contributed by atoms with van der Waals surface area (Å²) < 4.78 is 0. The van der Waals surface area contributed by atoms with E-state index in [1.807, 2.05) is 0 Å². The fourth-order valence-electron chi connectivity index (χ4n) is 0.239. The molecule has 0 atom stereocenters. The molecule has 0 aliphatic rings. The number of rotatable bonds is 3. The first kappa shape index (κ1) is 8.18. The summed E-state index contributed by atoms with van der Waals surface area (Å²) in [6, 6.07) is 0. The van der Waals surface area contributed by atoms with E-state index in [2.05, 4.69) is 15.9 Å². The molecule has 0 aliphatic carbocycles. The Morgan fingerprint density at radius 2 is 2.38 bits per heavy atom. The molecule has 0 bridgehead atoms. The van der Waals surface area contributed by atoms with Gasteiger partial charge in [0.1, 0.15) is 0 Å². The lowest BCUT2D eigenvalue weighted by molar-refractivity contribution is -0.107. The van der Waals surface area contributed by atoms with Crippen LogP contribution >= 0.6 is 27.5 Å². The number of allylic oxidation sites excluding steroid dienone is 2. The van der Waals surface area contributed by atoms with Crippen molar-refractivity contribution < 1.29 is 4.79 Å². The Balaban J connectivity index is 3.20. The minimum absolute atomic E-state index is 0.411. The molecule has 1 nitrogen and oxygen atoms in total. The summed E-state index contributed by atoms with van der Waals surface area (Å²) in [6.07, 6.45) is 3.92. The Morgan fingerprint density at radius 1 is 1.75 bits per heavy atom. The van der Waals surface area contributed by atoms with Gasteiger partial charge < -0.3 is 0 Å². The molecule has 0 heterocycles. The summed E-state index contributed by atoms with van der Waals surface area (Å²) in [5, 5.41) is 0.458. The van der Waals surface area contributed by atoms with Gasteiger partial charge in [0.2, 0.25) is 5.24 Å². The number of carbonyl (C=O) groups excluding carboxylic acids is 1. The maximum absolute atomic E-state index is 9.98. The van der Waals surface area contributed by atoms with Crippen molar-refractivity contribution >= 4 is 32.8 Å². The minimum Gasteiger partial charge on any atom is -0.276 e. The first-order valence-corrected chi connectivity index (χ1v) is 3.69. The van der Waals surface area contributed by atoms with E-state index >= 15 is 0 Å². The molecule has 0 fully saturated rings. The van der Waals surface area contributed by atoms with Gasteiger partial charge in [0.05, 0.1) is 0 Å². The maximum Gasteiger partial charge on any atom is 0.244 e. The standard InChI is InChI=1S/C5H6BrClO/c6-4-2-1-3-5(7)8/h1,3H,2,4H2/b3-1+. The predicted octanol–water partition coefficient (Wildman–Crippen LogP) is 2.09. The molecule has 46 valence electrons. The van der Waals surface area contributed by atoms with Gasteiger partial charge in [-0.2, -0.15) is 0 Å². The molecule has 3 heteroatoms. The van der Waals surface area contributed by atoms with Crippen LogP contribution in [0.25, 0.3) is 0 Å². The fourth-order valence-corrected chi connectivity index (χ4v) is 0.592. The topological polar surface area (TPSA) is 17.1 Å². The number of alkyl halides is 1. The normalized spacial score (nSPS) is 10.2. The quantitative estimate of drug-likeness (QED) is 0.385. The Kier molecular flexibility index (Phi) is 5.44. The van der Waals surface area contributed by atoms with Crippen molar-refractivity contribution in [3.8, 4) is 0 Å². The summed E-state index contributed by atoms with van der Waals surface area (Å²) >= 11 is 8.17. The van der Waals surface area contributed by atoms with Crippen LogP contribution in [0.15, 0.2) is 12.2 Å². The van der Waals surface area contributed by atoms with Gasteiger partial charge in [-0.3, -0.25) is 4.79 Å². The van der Waals surface area contributed by atoms with Crippen molar-refractivity contribution in [2.24, 2.45) is 0 Å². The van der Waals surface area contributed by atoms with Crippen molar-refractivity contribution in [2.45, 2.75) is 6.42 Å². The van der Waals surface area contributed by atoms with Crippen LogP contribution in [-0.2, 0) is 4.79 Å². The van der Waals surface area contributed by atoms with Gasteiger partial charge in [-0.15, -0.1) is 0 Å². The number of carbonyl (C=O) groups is 1. The van der Waals surface area contributed by atoms with E-state index in [-0.39, 0.29) is 0 Å². The summed E-state index contributed by atoms with van der Waals surface area (Å²) in [5.74, 6) is 0. The van der Waals surface area contributed by atoms with Crippen LogP contribution in [0.5, 0.6) is 0 Å². The molecule has 0 radical (unpaired) electrons. The Bertz CT molecular complexity index is 101. The van der Waals surface area contributed by atoms with Crippen LogP contribution in [0.1, 0.15) is 6.42 Å². The molecule has 0 aromatic carbocycles. The molecule has 0 spiro atoms. The SMILES string of the molecule is O=C(Cl)/C=C/CCBr. The maximum atomic E-state index is 9.98. The number of hydrogen-bond donors (Lipinski definition) is 0. The molecule has 0 aromatic rings. The zero-order valence-corrected chi connectivity index (χ0v) is 6.58. The molecule has 0 aliphatic heterocycles. The second kappa shape index (κ2) is 5.32. The van der Waals surface area contributed by atoms with Gasteiger partial charge in [-0.1, -0.05) is 22.0 Å². The lowest BCUT2D eigenvalue weighted by Gasteiger charge is -1.77. The second-order valence-electron chi connectivity index (χ2n) is 1.18. The third-order valence-electron chi connectivity index (χ3n) is 0.525. The molecule has 0 amide bonds.